The molecule has 1 aliphatic heterocycles. The average molecular weight is 397 g/mol. The fourth-order valence-corrected chi connectivity index (χ4v) is 3.66. The van der Waals surface area contributed by atoms with E-state index in [-0.39, 0.29) is 24.4 Å². The molecular formula is C21H21ClN4O2. The Morgan fingerprint density at radius 3 is 2.71 bits per heavy atom. The number of anilines is 1. The summed E-state index contributed by atoms with van der Waals surface area (Å²) in [4.78, 5) is 26.1. The molecule has 1 aromatic heterocycles. The van der Waals surface area contributed by atoms with Crippen LogP contribution in [0.1, 0.15) is 6.42 Å². The number of rotatable bonds is 5. The molecule has 3 amide bonds. The number of urea groups is 1. The number of carbonyl (C=O) groups excluding carboxylic acids is 2. The summed E-state index contributed by atoms with van der Waals surface area (Å²) in [5.74, 6) is -0.00793. The molecule has 7 heteroatoms. The largest absolute Gasteiger partial charge is 0.346 e. The lowest BCUT2D eigenvalue weighted by molar-refractivity contribution is -0.117. The molecule has 1 saturated heterocycles. The predicted octanol–water partition coefficient (Wildman–Crippen LogP) is 3.40. The zero-order valence-electron chi connectivity index (χ0n) is 15.3. The Hall–Kier alpha value is -2.99. The van der Waals surface area contributed by atoms with Crippen molar-refractivity contribution < 1.29 is 9.59 Å². The van der Waals surface area contributed by atoms with Crippen LogP contribution < -0.4 is 15.5 Å². The maximum absolute atomic E-state index is 12.3. The number of amides is 3. The molecule has 3 aromatic rings. The molecule has 2 N–H and O–H groups in total. The summed E-state index contributed by atoms with van der Waals surface area (Å²) in [6.45, 7) is 1.64. The quantitative estimate of drug-likeness (QED) is 0.694. The third-order valence-corrected chi connectivity index (χ3v) is 5.17. The second kappa shape index (κ2) is 7.94. The van der Waals surface area contributed by atoms with Crippen LogP contribution in [0, 0.1) is 0 Å². The van der Waals surface area contributed by atoms with Gasteiger partial charge in [-0.15, -0.1) is 0 Å². The molecule has 0 unspecified atom stereocenters. The van der Waals surface area contributed by atoms with Crippen LogP contribution >= 0.6 is 11.6 Å². The van der Waals surface area contributed by atoms with E-state index in [1.807, 2.05) is 30.5 Å². The maximum atomic E-state index is 12.3. The molecule has 1 fully saturated rings. The highest BCUT2D eigenvalue weighted by molar-refractivity contribution is 6.30. The molecule has 0 saturated carbocycles. The molecule has 144 valence electrons. The molecule has 2 heterocycles. The topological polar surface area (TPSA) is 66.4 Å². The van der Waals surface area contributed by atoms with Crippen molar-refractivity contribution in [2.75, 3.05) is 18.0 Å². The standard InChI is InChI=1S/C21H21ClN4O2/c22-16-5-7-18(8-6-16)26-14-17(13-20(26)27)24-21(28)23-10-12-25-11-9-15-3-1-2-4-19(15)25/h1-9,11,17H,10,12-14H2,(H2,23,24,28)/t17-/m1/s1. The molecule has 1 atom stereocenters. The van der Waals surface area contributed by atoms with Gasteiger partial charge in [0.05, 0.1) is 6.04 Å². The van der Waals surface area contributed by atoms with Gasteiger partial charge in [-0.1, -0.05) is 29.8 Å². The number of aromatic nitrogens is 1. The number of benzene rings is 2. The number of nitrogens with one attached hydrogen (secondary N) is 2. The Bertz CT molecular complexity index is 999. The second-order valence-corrected chi connectivity index (χ2v) is 7.29. The van der Waals surface area contributed by atoms with E-state index in [1.54, 1.807) is 17.0 Å². The van der Waals surface area contributed by atoms with Crippen LogP contribution in [0.5, 0.6) is 0 Å². The van der Waals surface area contributed by atoms with Crippen LogP contribution in [-0.4, -0.2) is 35.6 Å². The van der Waals surface area contributed by atoms with E-state index >= 15 is 0 Å². The summed E-state index contributed by atoms with van der Waals surface area (Å²) < 4.78 is 2.11. The zero-order chi connectivity index (χ0) is 19.5. The third-order valence-electron chi connectivity index (χ3n) is 4.92. The van der Waals surface area contributed by atoms with Gasteiger partial charge < -0.3 is 20.1 Å². The number of hydrogen-bond acceptors (Lipinski definition) is 2. The Labute approximate surface area is 168 Å². The minimum Gasteiger partial charge on any atom is -0.346 e. The minimum absolute atomic E-state index is 0.00793. The normalized spacial score (nSPS) is 16.5. The maximum Gasteiger partial charge on any atom is 0.315 e. The molecule has 0 aliphatic carbocycles. The minimum atomic E-state index is -0.257. The predicted molar refractivity (Wildman–Crippen MR) is 111 cm³/mol. The van der Waals surface area contributed by atoms with Gasteiger partial charge in [0.25, 0.3) is 0 Å². The van der Waals surface area contributed by atoms with Crippen LogP contribution in [-0.2, 0) is 11.3 Å². The van der Waals surface area contributed by atoms with E-state index in [0.29, 0.717) is 24.7 Å². The van der Waals surface area contributed by atoms with E-state index < -0.39 is 0 Å². The first-order valence-corrected chi connectivity index (χ1v) is 9.62. The van der Waals surface area contributed by atoms with Crippen LogP contribution in [0.4, 0.5) is 10.5 Å². The van der Waals surface area contributed by atoms with Crippen molar-refractivity contribution >= 4 is 40.1 Å². The van der Waals surface area contributed by atoms with Gasteiger partial charge in [0.1, 0.15) is 0 Å². The van der Waals surface area contributed by atoms with Gasteiger partial charge in [-0.2, -0.15) is 0 Å². The van der Waals surface area contributed by atoms with Gasteiger partial charge in [0.15, 0.2) is 0 Å². The fraction of sp³-hybridized carbons (Fsp3) is 0.238. The smallest absolute Gasteiger partial charge is 0.315 e. The summed E-state index contributed by atoms with van der Waals surface area (Å²) in [5.41, 5.74) is 1.93. The highest BCUT2D eigenvalue weighted by atomic mass is 35.5. The summed E-state index contributed by atoms with van der Waals surface area (Å²) >= 11 is 5.90. The van der Waals surface area contributed by atoms with Crippen LogP contribution in [0.3, 0.4) is 0 Å². The molecular weight excluding hydrogens is 376 g/mol. The lowest BCUT2D eigenvalue weighted by Crippen LogP contribution is -2.44. The lowest BCUT2D eigenvalue weighted by atomic mass is 10.2. The van der Waals surface area contributed by atoms with Crippen LogP contribution in [0.2, 0.25) is 5.02 Å². The number of halogens is 1. The van der Waals surface area contributed by atoms with Crippen molar-refractivity contribution in [2.24, 2.45) is 0 Å². The molecule has 1 aliphatic rings. The first-order valence-electron chi connectivity index (χ1n) is 9.24. The van der Waals surface area contributed by atoms with Gasteiger partial charge in [-0.05, 0) is 41.8 Å². The molecule has 0 bridgehead atoms. The van der Waals surface area contributed by atoms with Gasteiger partial charge in [-0.25, -0.2) is 4.79 Å². The van der Waals surface area contributed by atoms with E-state index in [2.05, 4.69) is 33.4 Å². The SMILES string of the molecule is O=C(NCCn1ccc2ccccc21)N[C@@H]1CC(=O)N(c2ccc(Cl)cc2)C1. The summed E-state index contributed by atoms with van der Waals surface area (Å²) in [7, 11) is 0. The molecule has 6 nitrogen and oxygen atoms in total. The van der Waals surface area contributed by atoms with Gasteiger partial charge >= 0.3 is 6.03 Å². The molecule has 4 rings (SSSR count). The number of nitrogens with zero attached hydrogens (tertiary/aromatic N) is 2. The average Bonchev–Trinajstić information content (AvgIpc) is 3.26. The summed E-state index contributed by atoms with van der Waals surface area (Å²) in [6, 6.07) is 16.9. The van der Waals surface area contributed by atoms with Gasteiger partial charge in [0, 0.05) is 48.5 Å². The zero-order valence-corrected chi connectivity index (χ0v) is 16.0. The Morgan fingerprint density at radius 2 is 1.89 bits per heavy atom. The third kappa shape index (κ3) is 3.97. The van der Waals surface area contributed by atoms with E-state index in [4.69, 9.17) is 11.6 Å². The van der Waals surface area contributed by atoms with E-state index in [0.717, 1.165) is 11.2 Å². The van der Waals surface area contributed by atoms with Crippen molar-refractivity contribution in [1.82, 2.24) is 15.2 Å². The molecule has 0 radical (unpaired) electrons. The van der Waals surface area contributed by atoms with E-state index in [9.17, 15) is 9.59 Å². The van der Waals surface area contributed by atoms with Crippen molar-refractivity contribution in [1.29, 1.82) is 0 Å². The Morgan fingerprint density at radius 1 is 1.11 bits per heavy atom. The summed E-state index contributed by atoms with van der Waals surface area (Å²) in [5, 5.41) is 7.57. The van der Waals surface area contributed by atoms with Crippen molar-refractivity contribution in [3.05, 3.63) is 65.8 Å². The molecule has 2 aromatic carbocycles. The highest BCUT2D eigenvalue weighted by Gasteiger charge is 2.31. The number of carbonyl (C=O) groups is 2. The first kappa shape index (κ1) is 18.4. The van der Waals surface area contributed by atoms with Crippen LogP contribution in [0.15, 0.2) is 60.8 Å². The second-order valence-electron chi connectivity index (χ2n) is 6.85. The Kier molecular flexibility index (Phi) is 5.21. The number of hydrogen-bond donors (Lipinski definition) is 2. The van der Waals surface area contributed by atoms with Crippen molar-refractivity contribution in [2.45, 2.75) is 19.0 Å². The fourth-order valence-electron chi connectivity index (χ4n) is 3.54. The number of para-hydroxylation sites is 1. The van der Waals surface area contributed by atoms with Gasteiger partial charge in [0.2, 0.25) is 5.91 Å². The number of fused-ring (bicyclic) bond motifs is 1. The Balaban J connectivity index is 1.27. The summed E-state index contributed by atoms with van der Waals surface area (Å²) in [6.07, 6.45) is 2.31. The van der Waals surface area contributed by atoms with Gasteiger partial charge in [-0.3, -0.25) is 4.79 Å². The monoisotopic (exact) mass is 396 g/mol. The molecule has 0 spiro atoms. The van der Waals surface area contributed by atoms with E-state index in [1.165, 1.54) is 5.39 Å². The first-order chi connectivity index (χ1) is 13.6. The lowest BCUT2D eigenvalue weighted by Gasteiger charge is -2.17. The van der Waals surface area contributed by atoms with Crippen LogP contribution in [0.25, 0.3) is 10.9 Å². The molecule has 28 heavy (non-hydrogen) atoms. The van der Waals surface area contributed by atoms with Crippen molar-refractivity contribution in [3.8, 4) is 0 Å². The van der Waals surface area contributed by atoms with Crippen molar-refractivity contribution in [3.63, 3.8) is 0 Å². The highest BCUT2D eigenvalue weighted by Crippen LogP contribution is 2.23.